The normalized spacial score (nSPS) is 10.0. The van der Waals surface area contributed by atoms with Gasteiger partial charge in [0.05, 0.1) is 0 Å². The molecule has 0 rings (SSSR count). The van der Waals surface area contributed by atoms with E-state index in [0.717, 1.165) is 6.42 Å². The first-order valence-corrected chi connectivity index (χ1v) is 2.55. The van der Waals surface area contributed by atoms with Crippen molar-refractivity contribution in [3.63, 3.8) is 0 Å². The van der Waals surface area contributed by atoms with Crippen molar-refractivity contribution in [1.29, 1.82) is 0 Å². The lowest BCUT2D eigenvalue weighted by Crippen LogP contribution is -1.78. The van der Waals surface area contributed by atoms with Gasteiger partial charge in [-0.05, 0) is 13.3 Å². The average molecular weight is 101 g/mol. The molecule has 0 unspecified atom stereocenters. The van der Waals surface area contributed by atoms with Crippen molar-refractivity contribution in [2.75, 3.05) is 6.61 Å². The molecular formula is C5H11NO. The molecule has 42 valence electrons. The van der Waals surface area contributed by atoms with Crippen LogP contribution in [0.5, 0.6) is 0 Å². The van der Waals surface area contributed by atoms with Gasteiger partial charge in [0.25, 0.3) is 0 Å². The molecule has 0 aliphatic rings. The van der Waals surface area contributed by atoms with Crippen molar-refractivity contribution < 1.29 is 4.84 Å². The van der Waals surface area contributed by atoms with Gasteiger partial charge in [0, 0.05) is 6.21 Å². The lowest BCUT2D eigenvalue weighted by Gasteiger charge is -1.86. The molecule has 0 saturated heterocycles. The summed E-state index contributed by atoms with van der Waals surface area (Å²) in [4.78, 5) is 4.64. The first-order valence-electron chi connectivity index (χ1n) is 2.55. The zero-order valence-corrected chi connectivity index (χ0v) is 4.85. The highest BCUT2D eigenvalue weighted by Gasteiger charge is 1.65. The fourth-order valence-electron chi connectivity index (χ4n) is 0.202. The standard InChI is InChI=1S/C5H11NO/c1-3-5-6-7-4-2/h5H,3-4H2,1-2H3. The van der Waals surface area contributed by atoms with E-state index in [2.05, 4.69) is 9.99 Å². The van der Waals surface area contributed by atoms with E-state index in [4.69, 9.17) is 0 Å². The van der Waals surface area contributed by atoms with Crippen LogP contribution in [0.3, 0.4) is 0 Å². The maximum absolute atomic E-state index is 4.64. The number of hydrogen-bond acceptors (Lipinski definition) is 2. The van der Waals surface area contributed by atoms with Crippen LogP contribution in [-0.4, -0.2) is 12.8 Å². The van der Waals surface area contributed by atoms with E-state index in [1.54, 1.807) is 6.21 Å². The summed E-state index contributed by atoms with van der Waals surface area (Å²) >= 11 is 0. The molecule has 0 fully saturated rings. The molecule has 0 amide bonds. The molecule has 0 radical (unpaired) electrons. The summed E-state index contributed by atoms with van der Waals surface area (Å²) in [6.07, 6.45) is 2.68. The van der Waals surface area contributed by atoms with Crippen molar-refractivity contribution in [3.05, 3.63) is 0 Å². The van der Waals surface area contributed by atoms with Gasteiger partial charge < -0.3 is 4.84 Å². The Morgan fingerprint density at radius 1 is 1.57 bits per heavy atom. The summed E-state index contributed by atoms with van der Waals surface area (Å²) in [6.45, 7) is 4.59. The Kier molecular flexibility index (Phi) is 5.06. The Morgan fingerprint density at radius 2 is 2.29 bits per heavy atom. The second-order valence-electron chi connectivity index (χ2n) is 1.11. The van der Waals surface area contributed by atoms with E-state index in [-0.39, 0.29) is 0 Å². The Labute approximate surface area is 44.2 Å². The monoisotopic (exact) mass is 101 g/mol. The molecule has 0 bridgehead atoms. The van der Waals surface area contributed by atoms with Crippen LogP contribution in [0.25, 0.3) is 0 Å². The van der Waals surface area contributed by atoms with Crippen LogP contribution < -0.4 is 0 Å². The summed E-state index contributed by atoms with van der Waals surface area (Å²) < 4.78 is 0. The Morgan fingerprint density at radius 3 is 2.71 bits per heavy atom. The maximum atomic E-state index is 4.64. The highest BCUT2D eigenvalue weighted by Crippen LogP contribution is 1.72. The number of oxime groups is 1. The SMILES string of the molecule is CCC=NOCC. The first kappa shape index (κ1) is 6.47. The number of rotatable bonds is 3. The molecule has 0 heterocycles. The second kappa shape index (κ2) is 5.47. The predicted molar refractivity (Wildman–Crippen MR) is 30.4 cm³/mol. The second-order valence-corrected chi connectivity index (χ2v) is 1.11. The van der Waals surface area contributed by atoms with E-state index < -0.39 is 0 Å². The molecular weight excluding hydrogens is 90.1 g/mol. The fourth-order valence-corrected chi connectivity index (χ4v) is 0.202. The summed E-state index contributed by atoms with van der Waals surface area (Å²) in [7, 11) is 0. The van der Waals surface area contributed by atoms with Crippen LogP contribution in [0.2, 0.25) is 0 Å². The molecule has 0 saturated carbocycles. The highest BCUT2D eigenvalue weighted by molar-refractivity contribution is 5.55. The molecule has 0 aliphatic heterocycles. The largest absolute Gasteiger partial charge is 0.396 e. The van der Waals surface area contributed by atoms with Crippen LogP contribution >= 0.6 is 0 Å². The fraction of sp³-hybridized carbons (Fsp3) is 0.800. The van der Waals surface area contributed by atoms with Crippen LogP contribution in [0.1, 0.15) is 20.3 Å². The summed E-state index contributed by atoms with van der Waals surface area (Å²) in [6, 6.07) is 0. The third-order valence-corrected chi connectivity index (χ3v) is 0.461. The first-order chi connectivity index (χ1) is 3.41. The minimum atomic E-state index is 0.663. The minimum absolute atomic E-state index is 0.663. The van der Waals surface area contributed by atoms with Crippen LogP contribution in [-0.2, 0) is 4.84 Å². The molecule has 0 aromatic rings. The van der Waals surface area contributed by atoms with Gasteiger partial charge in [0.1, 0.15) is 6.61 Å². The van der Waals surface area contributed by atoms with E-state index in [1.807, 2.05) is 13.8 Å². The smallest absolute Gasteiger partial charge is 0.114 e. The molecule has 0 aromatic heterocycles. The van der Waals surface area contributed by atoms with Gasteiger partial charge >= 0.3 is 0 Å². The summed E-state index contributed by atoms with van der Waals surface area (Å²) in [5.74, 6) is 0. The zero-order chi connectivity index (χ0) is 5.54. The molecule has 0 N–H and O–H groups in total. The van der Waals surface area contributed by atoms with E-state index >= 15 is 0 Å². The summed E-state index contributed by atoms with van der Waals surface area (Å²) in [5, 5.41) is 3.58. The molecule has 0 aliphatic carbocycles. The Bertz CT molecular complexity index is 52.0. The van der Waals surface area contributed by atoms with Crippen LogP contribution in [0.4, 0.5) is 0 Å². The lowest BCUT2D eigenvalue weighted by atomic mass is 10.6. The Hall–Kier alpha value is -0.530. The van der Waals surface area contributed by atoms with Gasteiger partial charge in [0.15, 0.2) is 0 Å². The molecule has 7 heavy (non-hydrogen) atoms. The van der Waals surface area contributed by atoms with Gasteiger partial charge in [-0.1, -0.05) is 12.1 Å². The zero-order valence-electron chi connectivity index (χ0n) is 4.85. The Balaban J connectivity index is 2.78. The van der Waals surface area contributed by atoms with Crippen LogP contribution in [0, 0.1) is 0 Å². The minimum Gasteiger partial charge on any atom is -0.396 e. The number of hydrogen-bond donors (Lipinski definition) is 0. The van der Waals surface area contributed by atoms with Gasteiger partial charge in [-0.2, -0.15) is 0 Å². The third-order valence-electron chi connectivity index (χ3n) is 0.461. The maximum Gasteiger partial charge on any atom is 0.114 e. The van der Waals surface area contributed by atoms with Gasteiger partial charge in [0.2, 0.25) is 0 Å². The lowest BCUT2D eigenvalue weighted by molar-refractivity contribution is 0.160. The van der Waals surface area contributed by atoms with Crippen molar-refractivity contribution in [2.45, 2.75) is 20.3 Å². The van der Waals surface area contributed by atoms with Gasteiger partial charge in [-0.15, -0.1) is 0 Å². The summed E-state index contributed by atoms with van der Waals surface area (Å²) in [5.41, 5.74) is 0. The molecule has 2 heteroatoms. The van der Waals surface area contributed by atoms with Crippen molar-refractivity contribution >= 4 is 6.21 Å². The van der Waals surface area contributed by atoms with Crippen molar-refractivity contribution in [1.82, 2.24) is 0 Å². The van der Waals surface area contributed by atoms with Crippen molar-refractivity contribution in [3.8, 4) is 0 Å². The predicted octanol–water partition coefficient (Wildman–Crippen LogP) is 1.42. The van der Waals surface area contributed by atoms with Gasteiger partial charge in [-0.3, -0.25) is 0 Å². The van der Waals surface area contributed by atoms with E-state index in [0.29, 0.717) is 6.61 Å². The molecule has 0 atom stereocenters. The molecule has 0 aromatic carbocycles. The molecule has 0 spiro atoms. The van der Waals surface area contributed by atoms with Crippen molar-refractivity contribution in [2.24, 2.45) is 5.16 Å². The molecule has 2 nitrogen and oxygen atoms in total. The van der Waals surface area contributed by atoms with Crippen LogP contribution in [0.15, 0.2) is 5.16 Å². The van der Waals surface area contributed by atoms with E-state index in [9.17, 15) is 0 Å². The average Bonchev–Trinajstić information content (AvgIpc) is 1.69. The number of nitrogens with zero attached hydrogens (tertiary/aromatic N) is 1. The quantitative estimate of drug-likeness (QED) is 0.389. The van der Waals surface area contributed by atoms with Gasteiger partial charge in [-0.25, -0.2) is 0 Å². The third kappa shape index (κ3) is 5.47. The highest BCUT2D eigenvalue weighted by atomic mass is 16.6. The van der Waals surface area contributed by atoms with E-state index in [1.165, 1.54) is 0 Å². The topological polar surface area (TPSA) is 21.6 Å².